The lowest BCUT2D eigenvalue weighted by atomic mass is 9.64. The number of carbonyl (C=O) groups is 3. The van der Waals surface area contributed by atoms with Gasteiger partial charge in [0.1, 0.15) is 5.41 Å². The van der Waals surface area contributed by atoms with E-state index < -0.39 is 39.5 Å². The monoisotopic (exact) mass is 367 g/mol. The van der Waals surface area contributed by atoms with E-state index in [4.69, 9.17) is 0 Å². The fourth-order valence-electron chi connectivity index (χ4n) is 4.23. The first kappa shape index (κ1) is 18.0. The zero-order chi connectivity index (χ0) is 18.6. The maximum Gasteiger partial charge on any atom is 0.288 e. The normalized spacial score (nSPS) is 30.2. The van der Waals surface area contributed by atoms with Crippen LogP contribution in [0, 0.1) is 16.2 Å². The fourth-order valence-corrected chi connectivity index (χ4v) is 4.73. The van der Waals surface area contributed by atoms with Gasteiger partial charge in [-0.1, -0.05) is 32.5 Å². The lowest BCUT2D eigenvalue weighted by Crippen LogP contribution is -2.47. The van der Waals surface area contributed by atoms with E-state index >= 15 is 0 Å². The molecule has 134 valence electrons. The van der Waals surface area contributed by atoms with Crippen molar-refractivity contribution in [3.8, 4) is 0 Å². The first-order chi connectivity index (χ1) is 11.6. The third-order valence-electron chi connectivity index (χ3n) is 6.27. The summed E-state index contributed by atoms with van der Waals surface area (Å²) in [6.45, 7) is 5.35. The quantitative estimate of drug-likeness (QED) is 0.498. The summed E-state index contributed by atoms with van der Waals surface area (Å²) in [5.74, 6) is -4.10. The van der Waals surface area contributed by atoms with E-state index in [1.807, 2.05) is 0 Å². The average molecular weight is 367 g/mol. The molecule has 25 heavy (non-hydrogen) atoms. The van der Waals surface area contributed by atoms with Gasteiger partial charge in [-0.3, -0.25) is 14.4 Å². The number of nitrogens with one attached hydrogen (secondary N) is 1. The maximum absolute atomic E-state index is 13.0. The number of carbonyl (C=O) groups excluding carboxylic acids is 3. The van der Waals surface area contributed by atoms with Crippen molar-refractivity contribution in [2.24, 2.45) is 16.2 Å². The average Bonchev–Trinajstić information content (AvgIpc) is 2.81. The van der Waals surface area contributed by atoms with Gasteiger partial charge < -0.3 is 5.32 Å². The van der Waals surface area contributed by atoms with Crippen molar-refractivity contribution in [3.05, 3.63) is 24.3 Å². The second kappa shape index (κ2) is 5.62. The van der Waals surface area contributed by atoms with Crippen molar-refractivity contribution in [3.63, 3.8) is 0 Å². The molecule has 4 nitrogen and oxygen atoms in total. The molecule has 0 radical (unpaired) electrons. The summed E-state index contributed by atoms with van der Waals surface area (Å²) in [6.07, 6.45) is 0.841. The number of halogens is 2. The van der Waals surface area contributed by atoms with E-state index in [9.17, 15) is 23.2 Å². The predicted molar refractivity (Wildman–Crippen MR) is 90.5 cm³/mol. The number of anilines is 1. The molecule has 1 aromatic carbocycles. The molecule has 0 saturated heterocycles. The summed E-state index contributed by atoms with van der Waals surface area (Å²) in [5, 5.41) is 2.70. The molecule has 3 rings (SSSR count). The van der Waals surface area contributed by atoms with Crippen LogP contribution in [-0.4, -0.2) is 23.2 Å². The summed E-state index contributed by atoms with van der Waals surface area (Å²) in [5.41, 5.74) is -2.55. The minimum atomic E-state index is -2.52. The number of benzene rings is 1. The number of Topliss-reactive ketones (excluding diaryl/α,β-unsaturated/α-hetero) is 2. The van der Waals surface area contributed by atoms with E-state index in [1.54, 1.807) is 20.8 Å². The number of rotatable bonds is 4. The Morgan fingerprint density at radius 1 is 1.08 bits per heavy atom. The van der Waals surface area contributed by atoms with Crippen LogP contribution in [0.15, 0.2) is 29.2 Å². The molecule has 0 spiro atoms. The smallest absolute Gasteiger partial charge is 0.288 e. The van der Waals surface area contributed by atoms with Crippen LogP contribution in [0.1, 0.15) is 33.6 Å². The topological polar surface area (TPSA) is 63.2 Å². The Bertz CT molecular complexity index is 762. The molecule has 2 atom stereocenters. The van der Waals surface area contributed by atoms with Crippen LogP contribution in [0.4, 0.5) is 14.5 Å². The van der Waals surface area contributed by atoms with Crippen LogP contribution in [0.3, 0.4) is 0 Å². The van der Waals surface area contributed by atoms with E-state index in [2.05, 4.69) is 5.32 Å². The third-order valence-corrected chi connectivity index (χ3v) is 6.99. The van der Waals surface area contributed by atoms with E-state index in [0.717, 1.165) is 0 Å². The maximum atomic E-state index is 13.0. The SMILES string of the molecule is CC1(C)[C@@]2(C(=O)Nc3ccc(SC(F)F)cc3)CC[C@]1(C)C(=O)C2=O. The summed E-state index contributed by atoms with van der Waals surface area (Å²) < 4.78 is 24.7. The Balaban J connectivity index is 1.86. The number of alkyl halides is 2. The van der Waals surface area contributed by atoms with Crippen LogP contribution in [0.5, 0.6) is 0 Å². The molecule has 1 N–H and O–H groups in total. The number of thioether (sulfide) groups is 1. The molecule has 2 fully saturated rings. The largest absolute Gasteiger partial charge is 0.325 e. The number of ketones is 2. The molecule has 0 unspecified atom stereocenters. The van der Waals surface area contributed by atoms with Crippen molar-refractivity contribution in [1.29, 1.82) is 0 Å². The summed E-state index contributed by atoms with van der Waals surface area (Å²) in [7, 11) is 0. The van der Waals surface area contributed by atoms with Crippen molar-refractivity contribution >= 4 is 34.9 Å². The molecular weight excluding hydrogens is 348 g/mol. The summed E-state index contributed by atoms with van der Waals surface area (Å²) in [6, 6.07) is 5.99. The lowest BCUT2D eigenvalue weighted by molar-refractivity contribution is -0.147. The van der Waals surface area contributed by atoms with Gasteiger partial charge in [-0.05, 0) is 42.5 Å². The van der Waals surface area contributed by atoms with Gasteiger partial charge in [-0.25, -0.2) is 0 Å². The number of hydrogen-bond acceptors (Lipinski definition) is 4. The van der Waals surface area contributed by atoms with Gasteiger partial charge in [0.2, 0.25) is 17.5 Å². The fraction of sp³-hybridized carbons (Fsp3) is 0.500. The van der Waals surface area contributed by atoms with Gasteiger partial charge in [0.15, 0.2) is 0 Å². The van der Waals surface area contributed by atoms with Crippen molar-refractivity contribution in [1.82, 2.24) is 0 Å². The van der Waals surface area contributed by atoms with Gasteiger partial charge in [0.25, 0.3) is 5.76 Å². The Hall–Kier alpha value is -1.76. The van der Waals surface area contributed by atoms with Gasteiger partial charge in [-0.15, -0.1) is 0 Å². The molecule has 0 heterocycles. The Morgan fingerprint density at radius 3 is 2.16 bits per heavy atom. The lowest BCUT2D eigenvalue weighted by Gasteiger charge is -2.37. The molecule has 7 heteroatoms. The first-order valence-electron chi connectivity index (χ1n) is 8.02. The van der Waals surface area contributed by atoms with Crippen LogP contribution in [0.2, 0.25) is 0 Å². The van der Waals surface area contributed by atoms with E-state index in [0.29, 0.717) is 35.2 Å². The number of fused-ring (bicyclic) bond motifs is 2. The van der Waals surface area contributed by atoms with Crippen LogP contribution in [0.25, 0.3) is 0 Å². The van der Waals surface area contributed by atoms with Gasteiger partial charge in [0.05, 0.1) is 0 Å². The van der Waals surface area contributed by atoms with Crippen molar-refractivity contribution < 1.29 is 23.2 Å². The van der Waals surface area contributed by atoms with Crippen LogP contribution < -0.4 is 5.32 Å². The summed E-state index contributed by atoms with van der Waals surface area (Å²) in [4.78, 5) is 38.4. The molecule has 0 aromatic heterocycles. The Kier molecular flexibility index (Phi) is 4.06. The molecule has 1 aromatic rings. The molecule has 1 amide bonds. The van der Waals surface area contributed by atoms with Crippen molar-refractivity contribution in [2.45, 2.75) is 44.3 Å². The number of hydrogen-bond donors (Lipinski definition) is 1. The van der Waals surface area contributed by atoms with Gasteiger partial charge in [-0.2, -0.15) is 8.78 Å². The van der Waals surface area contributed by atoms with Crippen LogP contribution in [-0.2, 0) is 14.4 Å². The van der Waals surface area contributed by atoms with E-state index in [-0.39, 0.29) is 0 Å². The molecule has 0 aliphatic heterocycles. The standard InChI is InChI=1S/C18H19F2NO3S/c1-16(2)17(3)8-9-18(16,13(23)12(17)22)14(24)21-10-4-6-11(7-5-10)25-15(19)20/h4-7,15H,8-9H2,1-3H3,(H,21,24)/t17-,18+/m1/s1. The first-order valence-corrected chi connectivity index (χ1v) is 8.90. The van der Waals surface area contributed by atoms with Crippen LogP contribution >= 0.6 is 11.8 Å². The zero-order valence-corrected chi connectivity index (χ0v) is 15.0. The van der Waals surface area contributed by atoms with Crippen molar-refractivity contribution in [2.75, 3.05) is 5.32 Å². The summed E-state index contributed by atoms with van der Waals surface area (Å²) >= 11 is 0.417. The molecule has 2 aliphatic rings. The minimum absolute atomic E-state index is 0.340. The highest BCUT2D eigenvalue weighted by Gasteiger charge is 2.77. The third kappa shape index (κ3) is 2.28. The Labute approximate surface area is 148 Å². The molecule has 2 saturated carbocycles. The molecule has 2 bridgehead atoms. The van der Waals surface area contributed by atoms with Gasteiger partial charge >= 0.3 is 0 Å². The highest BCUT2D eigenvalue weighted by molar-refractivity contribution is 7.99. The van der Waals surface area contributed by atoms with Gasteiger partial charge in [0, 0.05) is 16.0 Å². The minimum Gasteiger partial charge on any atom is -0.325 e. The second-order valence-corrected chi connectivity index (χ2v) is 8.44. The predicted octanol–water partition coefficient (Wildman–Crippen LogP) is 3.90. The number of amides is 1. The Morgan fingerprint density at radius 2 is 1.68 bits per heavy atom. The highest BCUT2D eigenvalue weighted by Crippen LogP contribution is 2.69. The van der Waals surface area contributed by atoms with E-state index in [1.165, 1.54) is 24.3 Å². The highest BCUT2D eigenvalue weighted by atomic mass is 32.2. The molecule has 2 aliphatic carbocycles. The molecular formula is C18H19F2NO3S. The zero-order valence-electron chi connectivity index (χ0n) is 14.2. The second-order valence-electron chi connectivity index (χ2n) is 7.38.